The lowest BCUT2D eigenvalue weighted by atomic mass is 9.79. The summed E-state index contributed by atoms with van der Waals surface area (Å²) in [4.78, 5) is 0. The smallest absolute Gasteiger partial charge is 0.358 e. The molecule has 8 atom stereocenters. The van der Waals surface area contributed by atoms with Crippen LogP contribution in [0.3, 0.4) is 0 Å². The first-order chi connectivity index (χ1) is 22.2. The molecule has 4 heterocycles. The van der Waals surface area contributed by atoms with Crippen molar-refractivity contribution in [3.63, 3.8) is 0 Å². The van der Waals surface area contributed by atoms with Crippen LogP contribution in [0.25, 0.3) is 0 Å². The molecule has 308 valence electrons. The zero-order chi connectivity index (χ0) is 41.7. The van der Waals surface area contributed by atoms with Gasteiger partial charge in [-0.15, -0.1) is 0 Å². The standard InChI is InChI=1S/2C10H6F12O4/c2*11-7(12,13)3-1-5(23,9(17,18)19)26-4(3,8(14,15)16)2-6(24,25-3)10(20,21)22/h2*23-24H,1-2H2/t2*3-,4-,5+,6+/m11/s1. The van der Waals surface area contributed by atoms with E-state index in [9.17, 15) is 126 Å². The summed E-state index contributed by atoms with van der Waals surface area (Å²) in [7, 11) is 0. The third-order valence-electron chi connectivity index (χ3n) is 8.23. The van der Waals surface area contributed by atoms with Gasteiger partial charge in [0.25, 0.3) is 23.1 Å². The summed E-state index contributed by atoms with van der Waals surface area (Å²) in [5.74, 6) is -20.5. The molecule has 0 amide bonds. The molecule has 8 nitrogen and oxygen atoms in total. The fourth-order valence-corrected chi connectivity index (χ4v) is 5.87. The van der Waals surface area contributed by atoms with Gasteiger partial charge in [-0.1, -0.05) is 0 Å². The Hall–Kier alpha value is -2.00. The van der Waals surface area contributed by atoms with Crippen molar-refractivity contribution in [1.29, 1.82) is 0 Å². The molecule has 4 aliphatic heterocycles. The van der Waals surface area contributed by atoms with Crippen LogP contribution in [0.4, 0.5) is 105 Å². The maximum Gasteiger partial charge on any atom is 0.443 e. The van der Waals surface area contributed by atoms with Crippen molar-refractivity contribution in [2.24, 2.45) is 0 Å². The molecule has 0 unspecified atom stereocenters. The first kappa shape index (κ1) is 44.4. The maximum atomic E-state index is 13.3. The summed E-state index contributed by atoms with van der Waals surface area (Å²) in [6.07, 6.45) is -63.8. The van der Waals surface area contributed by atoms with E-state index in [0.29, 0.717) is 0 Å². The predicted molar refractivity (Wildman–Crippen MR) is 102 cm³/mol. The second-order valence-corrected chi connectivity index (χ2v) is 11.5. The molecule has 4 N–H and O–H groups in total. The molecule has 0 spiro atoms. The Morgan fingerprint density at radius 2 is 0.365 bits per heavy atom. The highest BCUT2D eigenvalue weighted by atomic mass is 19.4. The molecule has 32 heteroatoms. The van der Waals surface area contributed by atoms with Crippen LogP contribution in [0, 0.1) is 0 Å². The van der Waals surface area contributed by atoms with Gasteiger partial charge in [0.15, 0.2) is 0 Å². The lowest BCUT2D eigenvalue weighted by Crippen LogP contribution is -2.64. The lowest BCUT2D eigenvalue weighted by Gasteiger charge is -2.38. The van der Waals surface area contributed by atoms with E-state index in [1.165, 1.54) is 0 Å². The number of hydrogen-bond acceptors (Lipinski definition) is 8. The topological polar surface area (TPSA) is 118 Å². The maximum absolute atomic E-state index is 13.3. The van der Waals surface area contributed by atoms with Crippen LogP contribution in [-0.2, 0) is 18.9 Å². The largest absolute Gasteiger partial charge is 0.443 e. The van der Waals surface area contributed by atoms with Crippen LogP contribution in [0.1, 0.15) is 25.7 Å². The minimum atomic E-state index is -6.56. The molecule has 4 aliphatic rings. The Morgan fingerprint density at radius 3 is 0.442 bits per heavy atom. The van der Waals surface area contributed by atoms with Gasteiger partial charge in [0.1, 0.15) is 0 Å². The Kier molecular flexibility index (Phi) is 9.26. The Morgan fingerprint density at radius 1 is 0.250 bits per heavy atom. The van der Waals surface area contributed by atoms with E-state index in [1.54, 1.807) is 0 Å². The van der Waals surface area contributed by atoms with Crippen LogP contribution in [0.5, 0.6) is 0 Å². The van der Waals surface area contributed by atoms with Gasteiger partial charge in [0.2, 0.25) is 22.4 Å². The summed E-state index contributed by atoms with van der Waals surface area (Å²) < 4.78 is 325. The molecule has 52 heavy (non-hydrogen) atoms. The average Bonchev–Trinajstić information content (AvgIpc) is 3.44. The van der Waals surface area contributed by atoms with Gasteiger partial charge in [0.05, 0.1) is 25.7 Å². The third kappa shape index (κ3) is 5.73. The molecule has 0 aromatic rings. The fourth-order valence-electron chi connectivity index (χ4n) is 5.87. The number of aliphatic hydroxyl groups is 4. The zero-order valence-electron chi connectivity index (χ0n) is 23.3. The van der Waals surface area contributed by atoms with Gasteiger partial charge >= 0.3 is 49.4 Å². The van der Waals surface area contributed by atoms with E-state index in [-0.39, 0.29) is 0 Å². The minimum Gasteiger partial charge on any atom is -0.358 e. The predicted octanol–water partition coefficient (Wildman–Crippen LogP) is 5.86. The van der Waals surface area contributed by atoms with Crippen LogP contribution < -0.4 is 0 Å². The third-order valence-corrected chi connectivity index (χ3v) is 8.23. The molecule has 0 saturated carbocycles. The van der Waals surface area contributed by atoms with E-state index in [0.717, 1.165) is 0 Å². The first-order valence-corrected chi connectivity index (χ1v) is 12.4. The summed E-state index contributed by atoms with van der Waals surface area (Å²) in [6.45, 7) is 0. The minimum absolute atomic E-state index is 3.13. The van der Waals surface area contributed by atoms with E-state index >= 15 is 0 Å². The average molecular weight is 836 g/mol. The van der Waals surface area contributed by atoms with Gasteiger partial charge in [-0.05, 0) is 0 Å². The highest BCUT2D eigenvalue weighted by molar-refractivity contribution is 5.26. The molecule has 0 aromatic carbocycles. The van der Waals surface area contributed by atoms with Crippen LogP contribution in [0.15, 0.2) is 0 Å². The van der Waals surface area contributed by atoms with Crippen LogP contribution >= 0.6 is 0 Å². The molecular formula is C20H12F24O8. The SMILES string of the molecule is O[C@@]1(C(F)(F)F)C[C@@]2(C(F)(F)F)O[C@](O)(C(F)(F)F)C[C@@]2(C(F)(F)F)O1.O[C@@]1(C(F)(F)F)C[C@@]2(C(F)(F)F)O[C@](O)(C(F)(F)F)C[C@@]2(C(F)(F)F)O1. The number of fused-ring (bicyclic) bond motifs is 2. The molecule has 4 fully saturated rings. The Labute approximate surface area is 266 Å². The number of rotatable bonds is 0. The highest BCUT2D eigenvalue weighted by Gasteiger charge is 2.96. The molecule has 4 saturated heterocycles. The molecule has 4 rings (SSSR count). The second-order valence-electron chi connectivity index (χ2n) is 11.5. The van der Waals surface area contributed by atoms with Crippen LogP contribution in [0.2, 0.25) is 0 Å². The van der Waals surface area contributed by atoms with E-state index in [2.05, 4.69) is 18.9 Å². The van der Waals surface area contributed by atoms with Crippen LogP contribution in [-0.4, -0.2) is 115 Å². The van der Waals surface area contributed by atoms with E-state index < -0.39 is 121 Å². The Bertz CT molecular complexity index is 1150. The molecule has 0 aliphatic carbocycles. The van der Waals surface area contributed by atoms with Crippen molar-refractivity contribution in [2.45, 2.75) is 121 Å². The van der Waals surface area contributed by atoms with Gasteiger partial charge < -0.3 is 39.4 Å². The van der Waals surface area contributed by atoms with Gasteiger partial charge in [-0.25, -0.2) is 0 Å². The molecule has 0 aromatic heterocycles. The van der Waals surface area contributed by atoms with Gasteiger partial charge in [-0.2, -0.15) is 105 Å². The van der Waals surface area contributed by atoms with Crippen molar-refractivity contribution in [3.8, 4) is 0 Å². The van der Waals surface area contributed by atoms with E-state index in [4.69, 9.17) is 0 Å². The monoisotopic (exact) mass is 836 g/mol. The highest BCUT2D eigenvalue weighted by Crippen LogP contribution is 2.72. The van der Waals surface area contributed by atoms with Crippen molar-refractivity contribution in [3.05, 3.63) is 0 Å². The molecule has 0 bridgehead atoms. The van der Waals surface area contributed by atoms with Crippen molar-refractivity contribution in [1.82, 2.24) is 0 Å². The van der Waals surface area contributed by atoms with E-state index in [1.807, 2.05) is 0 Å². The second kappa shape index (κ2) is 10.9. The van der Waals surface area contributed by atoms with Gasteiger partial charge in [0, 0.05) is 0 Å². The quantitative estimate of drug-likeness (QED) is 0.225. The number of alkyl halides is 24. The lowest BCUT2D eigenvalue weighted by molar-refractivity contribution is -0.407. The summed E-state index contributed by atoms with van der Waals surface area (Å²) in [5, 5.41) is 36.7. The first-order valence-electron chi connectivity index (χ1n) is 12.4. The molecular weight excluding hydrogens is 824 g/mol. The summed E-state index contributed by atoms with van der Waals surface area (Å²) in [5.41, 5.74) is -21.5. The molecule has 0 radical (unpaired) electrons. The fraction of sp³-hybridized carbons (Fsp3) is 1.00. The van der Waals surface area contributed by atoms with Crippen molar-refractivity contribution < 1.29 is 145 Å². The normalized spacial score (nSPS) is 42.2. The zero-order valence-corrected chi connectivity index (χ0v) is 23.3. The summed E-state index contributed by atoms with van der Waals surface area (Å²) >= 11 is 0. The summed E-state index contributed by atoms with van der Waals surface area (Å²) in [6, 6.07) is 0. The van der Waals surface area contributed by atoms with Crippen molar-refractivity contribution in [2.75, 3.05) is 0 Å². The number of hydrogen-bond donors (Lipinski definition) is 4. The Balaban J connectivity index is 0.000000280. The number of halogens is 24. The van der Waals surface area contributed by atoms with Gasteiger partial charge in [-0.3, -0.25) is 0 Å². The number of ether oxygens (including phenoxy) is 4. The van der Waals surface area contributed by atoms with Crippen molar-refractivity contribution >= 4 is 0 Å².